The Morgan fingerprint density at radius 3 is 2.50 bits per heavy atom. The highest BCUT2D eigenvalue weighted by Gasteiger charge is 2.44. The van der Waals surface area contributed by atoms with Crippen LogP contribution in [0.4, 0.5) is 0 Å². The first-order valence-electron chi connectivity index (χ1n) is 12.4. The van der Waals surface area contributed by atoms with Crippen LogP contribution in [0.2, 0.25) is 0 Å². The van der Waals surface area contributed by atoms with Crippen molar-refractivity contribution in [1.29, 1.82) is 5.26 Å². The van der Waals surface area contributed by atoms with E-state index in [-0.39, 0.29) is 54.8 Å². The standard InChI is InChI=1S/C25H27N5O10/c1-13-11-29(24-21(35)20(34)17(12-31)39-24)25(38)28(23(13)37)8-2-7-27-22(36)14-3-4-16(15(9-14)10-26)40-30-18(32)5-6-19(30)33/h3-4,9,11,17,20-21,24,31,34-35H,2,5-8,12H2,1H3,(H,27,36)/t17-,20-,21-,24-/m1/s1. The molecule has 2 aliphatic rings. The average Bonchev–Trinajstić information content (AvgIpc) is 3.42. The number of nitrogens with zero attached hydrogens (tertiary/aromatic N) is 4. The van der Waals surface area contributed by atoms with Crippen molar-refractivity contribution in [1.82, 2.24) is 19.5 Å². The summed E-state index contributed by atoms with van der Waals surface area (Å²) < 4.78 is 7.30. The van der Waals surface area contributed by atoms with E-state index in [1.54, 1.807) is 0 Å². The van der Waals surface area contributed by atoms with Gasteiger partial charge in [-0.2, -0.15) is 5.26 Å². The largest absolute Gasteiger partial charge is 0.394 e. The van der Waals surface area contributed by atoms with Crippen LogP contribution in [-0.2, 0) is 20.9 Å². The van der Waals surface area contributed by atoms with E-state index >= 15 is 0 Å². The maximum absolute atomic E-state index is 13.0. The minimum absolute atomic E-state index is 0.00728. The van der Waals surface area contributed by atoms with Gasteiger partial charge in [0.05, 0.1) is 12.2 Å². The van der Waals surface area contributed by atoms with Crippen molar-refractivity contribution in [3.8, 4) is 11.8 Å². The van der Waals surface area contributed by atoms with E-state index in [2.05, 4.69) is 5.32 Å². The Morgan fingerprint density at radius 1 is 1.18 bits per heavy atom. The number of nitrogens with one attached hydrogen (secondary N) is 1. The summed E-state index contributed by atoms with van der Waals surface area (Å²) in [6.07, 6.45) is -3.97. The molecule has 1 aromatic heterocycles. The number of hydrogen-bond acceptors (Lipinski definition) is 11. The predicted octanol–water partition coefficient (Wildman–Crippen LogP) is -1.94. The number of aliphatic hydroxyl groups excluding tert-OH is 3. The van der Waals surface area contributed by atoms with Gasteiger partial charge in [-0.25, -0.2) is 4.79 Å². The van der Waals surface area contributed by atoms with Crippen molar-refractivity contribution >= 4 is 17.7 Å². The molecule has 4 rings (SSSR count). The summed E-state index contributed by atoms with van der Waals surface area (Å²) in [6.45, 7) is 0.838. The summed E-state index contributed by atoms with van der Waals surface area (Å²) in [4.78, 5) is 67.1. The maximum atomic E-state index is 13.0. The van der Waals surface area contributed by atoms with Gasteiger partial charge in [0.25, 0.3) is 23.3 Å². The van der Waals surface area contributed by atoms with Gasteiger partial charge >= 0.3 is 5.69 Å². The molecule has 0 radical (unpaired) electrons. The number of ether oxygens (including phenoxy) is 1. The first-order chi connectivity index (χ1) is 19.1. The Balaban J connectivity index is 1.40. The van der Waals surface area contributed by atoms with Crippen molar-refractivity contribution < 1.29 is 39.3 Å². The second-order valence-corrected chi connectivity index (χ2v) is 9.29. The smallest absolute Gasteiger partial charge is 0.333 e. The van der Waals surface area contributed by atoms with E-state index in [1.807, 2.05) is 6.07 Å². The fraction of sp³-hybridized carbons (Fsp3) is 0.440. The molecule has 2 aromatic rings. The van der Waals surface area contributed by atoms with E-state index in [9.17, 15) is 44.6 Å². The number of hydrogen-bond donors (Lipinski definition) is 4. The number of aliphatic hydroxyl groups is 3. The number of amides is 3. The lowest BCUT2D eigenvalue weighted by atomic mass is 10.1. The SMILES string of the molecule is Cc1cn([C@@H]2O[C@H](CO)[C@@H](O)[C@H]2O)c(=O)n(CCCNC(=O)c2ccc(ON3C(=O)CCC3=O)c(C#N)c2)c1=O. The van der Waals surface area contributed by atoms with Crippen LogP contribution < -0.4 is 21.4 Å². The summed E-state index contributed by atoms with van der Waals surface area (Å²) in [5.74, 6) is -1.69. The van der Waals surface area contributed by atoms with Gasteiger partial charge in [-0.15, -0.1) is 5.06 Å². The zero-order valence-corrected chi connectivity index (χ0v) is 21.3. The highest BCUT2D eigenvalue weighted by atomic mass is 16.7. The molecule has 2 fully saturated rings. The van der Waals surface area contributed by atoms with Crippen molar-refractivity contribution in [3.05, 3.63) is 61.9 Å². The van der Waals surface area contributed by atoms with Crippen LogP contribution in [0.3, 0.4) is 0 Å². The summed E-state index contributed by atoms with van der Waals surface area (Å²) in [7, 11) is 0. The minimum Gasteiger partial charge on any atom is -0.394 e. The average molecular weight is 558 g/mol. The van der Waals surface area contributed by atoms with Crippen LogP contribution in [0.25, 0.3) is 0 Å². The zero-order valence-electron chi connectivity index (χ0n) is 21.3. The molecule has 2 saturated heterocycles. The number of benzene rings is 1. The van der Waals surface area contributed by atoms with Crippen molar-refractivity contribution in [3.63, 3.8) is 0 Å². The first-order valence-corrected chi connectivity index (χ1v) is 12.4. The van der Waals surface area contributed by atoms with Crippen molar-refractivity contribution in [2.45, 2.75) is 57.3 Å². The summed E-state index contributed by atoms with van der Waals surface area (Å²) in [5, 5.41) is 42.2. The molecular weight excluding hydrogens is 530 g/mol. The lowest BCUT2D eigenvalue weighted by molar-refractivity contribution is -0.164. The Morgan fingerprint density at radius 2 is 1.88 bits per heavy atom. The highest BCUT2D eigenvalue weighted by molar-refractivity contribution is 6.01. The molecule has 212 valence electrons. The molecule has 2 aliphatic heterocycles. The van der Waals surface area contributed by atoms with Gasteiger partial charge in [0, 0.05) is 43.3 Å². The van der Waals surface area contributed by atoms with Gasteiger partial charge < -0.3 is 30.2 Å². The molecule has 0 spiro atoms. The van der Waals surface area contributed by atoms with E-state index in [0.29, 0.717) is 5.06 Å². The van der Waals surface area contributed by atoms with Crippen LogP contribution in [-0.4, -0.2) is 78.7 Å². The van der Waals surface area contributed by atoms with E-state index in [4.69, 9.17) is 9.57 Å². The number of nitriles is 1. The molecule has 3 amide bonds. The third-order valence-corrected chi connectivity index (χ3v) is 6.56. The maximum Gasteiger partial charge on any atom is 0.333 e. The van der Waals surface area contributed by atoms with Crippen LogP contribution >= 0.6 is 0 Å². The van der Waals surface area contributed by atoms with Crippen molar-refractivity contribution in [2.24, 2.45) is 0 Å². The molecule has 0 aliphatic carbocycles. The fourth-order valence-electron chi connectivity index (χ4n) is 4.38. The van der Waals surface area contributed by atoms with Gasteiger partial charge in [-0.1, -0.05) is 0 Å². The van der Waals surface area contributed by atoms with Crippen LogP contribution in [0.1, 0.15) is 47.0 Å². The molecule has 40 heavy (non-hydrogen) atoms. The molecule has 3 heterocycles. The molecule has 15 heteroatoms. The molecule has 0 saturated carbocycles. The fourth-order valence-corrected chi connectivity index (χ4v) is 4.38. The Bertz CT molecular complexity index is 1480. The molecular formula is C25H27N5O10. The summed E-state index contributed by atoms with van der Waals surface area (Å²) in [6, 6.07) is 5.73. The number of aryl methyl sites for hydroxylation is 1. The zero-order chi connectivity index (χ0) is 29.1. The van der Waals surface area contributed by atoms with Gasteiger partial charge in [-0.05, 0) is 31.5 Å². The lowest BCUT2D eigenvalue weighted by Gasteiger charge is -2.19. The van der Waals surface area contributed by atoms with Crippen LogP contribution in [0.15, 0.2) is 34.0 Å². The van der Waals surface area contributed by atoms with E-state index in [1.165, 1.54) is 31.3 Å². The quantitative estimate of drug-likeness (QED) is 0.197. The lowest BCUT2D eigenvalue weighted by Crippen LogP contribution is -2.44. The Hall–Kier alpha value is -4.36. The van der Waals surface area contributed by atoms with Gasteiger partial charge in [0.15, 0.2) is 12.0 Å². The third kappa shape index (κ3) is 5.51. The Labute approximate surface area is 226 Å². The normalized spacial score (nSPS) is 22.4. The van der Waals surface area contributed by atoms with Crippen LogP contribution in [0, 0.1) is 18.3 Å². The van der Waals surface area contributed by atoms with Gasteiger partial charge in [0.1, 0.15) is 24.4 Å². The second-order valence-electron chi connectivity index (χ2n) is 9.29. The van der Waals surface area contributed by atoms with Crippen LogP contribution in [0.5, 0.6) is 5.75 Å². The molecule has 0 unspecified atom stereocenters. The molecule has 1 aromatic carbocycles. The van der Waals surface area contributed by atoms with Gasteiger partial charge in [0.2, 0.25) is 0 Å². The first kappa shape index (κ1) is 28.6. The number of rotatable bonds is 9. The van der Waals surface area contributed by atoms with E-state index < -0.39 is 60.1 Å². The third-order valence-electron chi connectivity index (χ3n) is 6.56. The predicted molar refractivity (Wildman–Crippen MR) is 133 cm³/mol. The Kier molecular flexibility index (Phi) is 8.45. The minimum atomic E-state index is -1.51. The topological polar surface area (TPSA) is 213 Å². The molecule has 15 nitrogen and oxygen atoms in total. The number of carbonyl (C=O) groups is 3. The number of aromatic nitrogens is 2. The summed E-state index contributed by atoms with van der Waals surface area (Å²) in [5.41, 5.74) is -1.19. The molecule has 4 N–H and O–H groups in total. The number of carbonyl (C=O) groups excluding carboxylic acids is 3. The summed E-state index contributed by atoms with van der Waals surface area (Å²) >= 11 is 0. The second kappa shape index (κ2) is 11.8. The number of imide groups is 1. The van der Waals surface area contributed by atoms with Gasteiger partial charge in [-0.3, -0.25) is 28.3 Å². The van der Waals surface area contributed by atoms with E-state index in [0.717, 1.165) is 9.13 Å². The number of hydroxylamine groups is 2. The molecule has 4 atom stereocenters. The van der Waals surface area contributed by atoms with Crippen molar-refractivity contribution in [2.75, 3.05) is 13.2 Å². The molecule has 0 bridgehead atoms. The monoisotopic (exact) mass is 557 g/mol. The highest BCUT2D eigenvalue weighted by Crippen LogP contribution is 2.28.